The van der Waals surface area contributed by atoms with Gasteiger partial charge >= 0.3 is 0 Å². The van der Waals surface area contributed by atoms with E-state index in [9.17, 15) is 4.79 Å². The van der Waals surface area contributed by atoms with Gasteiger partial charge in [0.25, 0.3) is 0 Å². The zero-order chi connectivity index (χ0) is 21.6. The Morgan fingerprint density at radius 1 is 1.26 bits per heavy atom. The van der Waals surface area contributed by atoms with Crippen molar-refractivity contribution in [2.75, 3.05) is 20.2 Å². The summed E-state index contributed by atoms with van der Waals surface area (Å²) in [5, 5.41) is 7.19. The van der Waals surface area contributed by atoms with Crippen molar-refractivity contribution in [3.8, 4) is 17.1 Å². The molecule has 1 N–H and O–H groups in total. The molecular formula is C24H28N4O3. The number of methoxy groups -OCH3 is 1. The van der Waals surface area contributed by atoms with Gasteiger partial charge in [0.1, 0.15) is 5.75 Å². The van der Waals surface area contributed by atoms with Crippen molar-refractivity contribution in [1.82, 2.24) is 20.4 Å². The predicted octanol–water partition coefficient (Wildman–Crippen LogP) is 3.58. The highest BCUT2D eigenvalue weighted by Crippen LogP contribution is 2.21. The molecule has 3 aromatic rings. The maximum atomic E-state index is 12.7. The van der Waals surface area contributed by atoms with E-state index in [-0.39, 0.29) is 11.8 Å². The number of amides is 1. The molecule has 0 spiro atoms. The van der Waals surface area contributed by atoms with Gasteiger partial charge in [-0.2, -0.15) is 4.98 Å². The molecule has 7 heteroatoms. The Hall–Kier alpha value is -3.19. The lowest BCUT2D eigenvalue weighted by Crippen LogP contribution is -2.42. The topological polar surface area (TPSA) is 80.5 Å². The number of carbonyl (C=O) groups excluding carboxylic acids is 1. The molecule has 0 saturated carbocycles. The highest BCUT2D eigenvalue weighted by Gasteiger charge is 2.26. The minimum Gasteiger partial charge on any atom is -0.497 e. The molecule has 1 aromatic heterocycles. The fourth-order valence-corrected chi connectivity index (χ4v) is 3.90. The number of nitrogens with zero attached hydrogens (tertiary/aromatic N) is 3. The second kappa shape index (κ2) is 9.75. The summed E-state index contributed by atoms with van der Waals surface area (Å²) in [6.45, 7) is 4.73. The summed E-state index contributed by atoms with van der Waals surface area (Å²) in [5.74, 6) is 2.04. The number of likely N-dealkylation sites (tertiary alicyclic amines) is 1. The van der Waals surface area contributed by atoms with E-state index in [2.05, 4.69) is 20.4 Å². The van der Waals surface area contributed by atoms with E-state index >= 15 is 0 Å². The molecule has 1 fully saturated rings. The zero-order valence-corrected chi connectivity index (χ0v) is 18.0. The Morgan fingerprint density at radius 2 is 2.10 bits per heavy atom. The monoisotopic (exact) mass is 420 g/mol. The number of hydrogen-bond acceptors (Lipinski definition) is 6. The van der Waals surface area contributed by atoms with Gasteiger partial charge in [0.2, 0.25) is 17.6 Å². The standard InChI is InChI=1S/C24H28N4O3/c1-17-5-3-6-19(13-17)23-26-22(31-27-23)16-28-12-4-7-20(15-28)24(29)25-14-18-8-10-21(30-2)11-9-18/h3,5-6,8-11,13,20H,4,7,12,14-16H2,1-2H3,(H,25,29). The molecule has 0 radical (unpaired) electrons. The van der Waals surface area contributed by atoms with Crippen molar-refractivity contribution in [3.63, 3.8) is 0 Å². The number of nitrogens with one attached hydrogen (secondary N) is 1. The second-order valence-corrected chi connectivity index (χ2v) is 8.02. The van der Waals surface area contributed by atoms with Crippen LogP contribution in [0.4, 0.5) is 0 Å². The van der Waals surface area contributed by atoms with E-state index in [0.29, 0.717) is 31.3 Å². The quantitative estimate of drug-likeness (QED) is 0.629. The van der Waals surface area contributed by atoms with Gasteiger partial charge in [-0.3, -0.25) is 9.69 Å². The molecule has 0 bridgehead atoms. The van der Waals surface area contributed by atoms with Crippen molar-refractivity contribution < 1.29 is 14.1 Å². The Labute approximate surface area is 182 Å². The maximum absolute atomic E-state index is 12.7. The Bertz CT molecular complexity index is 1020. The highest BCUT2D eigenvalue weighted by molar-refractivity contribution is 5.79. The summed E-state index contributed by atoms with van der Waals surface area (Å²) < 4.78 is 10.6. The average molecular weight is 421 g/mol. The molecule has 1 aliphatic rings. The lowest BCUT2D eigenvalue weighted by Gasteiger charge is -2.30. The van der Waals surface area contributed by atoms with Crippen molar-refractivity contribution in [3.05, 3.63) is 65.5 Å². The van der Waals surface area contributed by atoms with E-state index < -0.39 is 0 Å². The third-order valence-corrected chi connectivity index (χ3v) is 5.61. The van der Waals surface area contributed by atoms with E-state index in [0.717, 1.165) is 41.8 Å². The van der Waals surface area contributed by atoms with E-state index in [1.165, 1.54) is 0 Å². The van der Waals surface area contributed by atoms with E-state index in [4.69, 9.17) is 9.26 Å². The molecule has 1 atom stereocenters. The van der Waals surface area contributed by atoms with Gasteiger partial charge in [-0.1, -0.05) is 41.1 Å². The van der Waals surface area contributed by atoms with Crippen LogP contribution in [0.15, 0.2) is 53.1 Å². The molecule has 31 heavy (non-hydrogen) atoms. The lowest BCUT2D eigenvalue weighted by atomic mass is 9.97. The summed E-state index contributed by atoms with van der Waals surface area (Å²) in [6.07, 6.45) is 1.86. The van der Waals surface area contributed by atoms with Crippen molar-refractivity contribution in [2.45, 2.75) is 32.9 Å². The number of carbonyl (C=O) groups is 1. The average Bonchev–Trinajstić information content (AvgIpc) is 3.26. The number of hydrogen-bond donors (Lipinski definition) is 1. The van der Waals surface area contributed by atoms with Crippen LogP contribution in [0.25, 0.3) is 11.4 Å². The zero-order valence-electron chi connectivity index (χ0n) is 18.0. The van der Waals surface area contributed by atoms with Crippen LogP contribution in [0.5, 0.6) is 5.75 Å². The minimum absolute atomic E-state index is 0.0360. The first-order valence-electron chi connectivity index (χ1n) is 10.6. The molecule has 2 heterocycles. The molecule has 1 aliphatic heterocycles. The number of rotatable bonds is 7. The van der Waals surface area contributed by atoms with Crippen molar-refractivity contribution in [1.29, 1.82) is 0 Å². The van der Waals surface area contributed by atoms with Crippen LogP contribution in [0.1, 0.15) is 29.9 Å². The van der Waals surface area contributed by atoms with Crippen LogP contribution in [-0.2, 0) is 17.9 Å². The van der Waals surface area contributed by atoms with Crippen LogP contribution in [-0.4, -0.2) is 41.1 Å². The molecule has 2 aromatic carbocycles. The molecule has 0 aliphatic carbocycles. The largest absolute Gasteiger partial charge is 0.497 e. The van der Waals surface area contributed by atoms with Gasteiger partial charge in [-0.05, 0) is 50.1 Å². The third kappa shape index (κ3) is 5.49. The highest BCUT2D eigenvalue weighted by atomic mass is 16.5. The van der Waals surface area contributed by atoms with E-state index in [1.54, 1.807) is 7.11 Å². The SMILES string of the molecule is COc1ccc(CNC(=O)C2CCCN(Cc3nc(-c4cccc(C)c4)no3)C2)cc1. The predicted molar refractivity (Wildman–Crippen MR) is 117 cm³/mol. The first-order chi connectivity index (χ1) is 15.1. The van der Waals surface area contributed by atoms with Crippen LogP contribution < -0.4 is 10.1 Å². The number of benzene rings is 2. The minimum atomic E-state index is -0.0360. The molecular weight excluding hydrogens is 392 g/mol. The molecule has 1 unspecified atom stereocenters. The van der Waals surface area contributed by atoms with Gasteiger partial charge in [0, 0.05) is 18.7 Å². The number of aromatic nitrogens is 2. The number of aryl methyl sites for hydroxylation is 1. The van der Waals surface area contributed by atoms with Gasteiger partial charge in [-0.25, -0.2) is 0 Å². The summed E-state index contributed by atoms with van der Waals surface area (Å²) in [4.78, 5) is 19.5. The molecule has 162 valence electrons. The Kier molecular flexibility index (Phi) is 6.62. The van der Waals surface area contributed by atoms with Gasteiger partial charge < -0.3 is 14.6 Å². The molecule has 1 amide bonds. The van der Waals surface area contributed by atoms with Gasteiger partial charge in [0.05, 0.1) is 19.6 Å². The summed E-state index contributed by atoms with van der Waals surface area (Å²) in [7, 11) is 1.64. The molecule has 4 rings (SSSR count). The van der Waals surface area contributed by atoms with Gasteiger partial charge in [0.15, 0.2) is 0 Å². The Morgan fingerprint density at radius 3 is 2.87 bits per heavy atom. The third-order valence-electron chi connectivity index (χ3n) is 5.61. The summed E-state index contributed by atoms with van der Waals surface area (Å²) in [6, 6.07) is 15.8. The first-order valence-corrected chi connectivity index (χ1v) is 10.6. The summed E-state index contributed by atoms with van der Waals surface area (Å²) >= 11 is 0. The van der Waals surface area contributed by atoms with E-state index in [1.807, 2.05) is 55.5 Å². The normalized spacial score (nSPS) is 16.8. The lowest BCUT2D eigenvalue weighted by molar-refractivity contribution is -0.127. The number of ether oxygens (including phenoxy) is 1. The fourth-order valence-electron chi connectivity index (χ4n) is 3.90. The second-order valence-electron chi connectivity index (χ2n) is 8.02. The van der Waals surface area contributed by atoms with Crippen LogP contribution in [0.3, 0.4) is 0 Å². The first kappa shape index (κ1) is 21.1. The van der Waals surface area contributed by atoms with Crippen LogP contribution in [0.2, 0.25) is 0 Å². The molecule has 1 saturated heterocycles. The van der Waals surface area contributed by atoms with Crippen molar-refractivity contribution >= 4 is 5.91 Å². The fraction of sp³-hybridized carbons (Fsp3) is 0.375. The summed E-state index contributed by atoms with van der Waals surface area (Å²) in [5.41, 5.74) is 3.16. The number of piperidine rings is 1. The molecule has 7 nitrogen and oxygen atoms in total. The van der Waals surface area contributed by atoms with Crippen LogP contribution >= 0.6 is 0 Å². The maximum Gasteiger partial charge on any atom is 0.241 e. The Balaban J connectivity index is 1.30. The van der Waals surface area contributed by atoms with Crippen molar-refractivity contribution in [2.24, 2.45) is 5.92 Å². The smallest absolute Gasteiger partial charge is 0.241 e. The van der Waals surface area contributed by atoms with Crippen LogP contribution in [0, 0.1) is 12.8 Å². The van der Waals surface area contributed by atoms with Gasteiger partial charge in [-0.15, -0.1) is 0 Å².